The minimum absolute atomic E-state index is 1.08. The predicted octanol–water partition coefficient (Wildman–Crippen LogP) is 21.4. The summed E-state index contributed by atoms with van der Waals surface area (Å²) in [4.78, 5) is 7.03. The van der Waals surface area contributed by atoms with Crippen molar-refractivity contribution in [2.24, 2.45) is 0 Å². The van der Waals surface area contributed by atoms with Crippen LogP contribution in [-0.2, 0) is 0 Å². The second-order valence-corrected chi connectivity index (χ2v) is 18.4. The lowest BCUT2D eigenvalue weighted by atomic mass is 10.0. The van der Waals surface area contributed by atoms with Crippen LogP contribution in [-0.4, -0.2) is 0 Å². The maximum Gasteiger partial charge on any atom is 0.0540 e. The fourth-order valence-electron chi connectivity index (χ4n) is 9.38. The van der Waals surface area contributed by atoms with Crippen LogP contribution in [0.25, 0.3) is 32.7 Å². The van der Waals surface area contributed by atoms with E-state index in [4.69, 9.17) is 0 Å². The lowest BCUT2D eigenvalue weighted by molar-refractivity contribution is 1.26. The van der Waals surface area contributed by atoms with E-state index in [1.807, 2.05) is 50.2 Å². The number of benzene rings is 12. The number of nitrogens with zero attached hydrogens (tertiary/aromatic N) is 3. The zero-order chi connectivity index (χ0) is 52.5. The van der Waals surface area contributed by atoms with E-state index in [1.54, 1.807) is 0 Å². The van der Waals surface area contributed by atoms with Crippen molar-refractivity contribution in [2.75, 3.05) is 14.7 Å². The summed E-state index contributed by atoms with van der Waals surface area (Å²) >= 11 is 0. The third kappa shape index (κ3) is 12.5. The van der Waals surface area contributed by atoms with Crippen molar-refractivity contribution < 1.29 is 0 Å². The van der Waals surface area contributed by atoms with Crippen LogP contribution in [0.1, 0.15) is 30.5 Å². The van der Waals surface area contributed by atoms with Crippen molar-refractivity contribution >= 4 is 72.7 Å². The Morgan fingerprint density at radius 2 is 0.447 bits per heavy atom. The highest BCUT2D eigenvalue weighted by Crippen LogP contribution is 2.43. The Balaban J connectivity index is 0.000000380. The summed E-state index contributed by atoms with van der Waals surface area (Å²) < 4.78 is 0. The van der Waals surface area contributed by atoms with Gasteiger partial charge < -0.3 is 14.7 Å². The van der Waals surface area contributed by atoms with Crippen LogP contribution >= 0.6 is 0 Å². The summed E-state index contributed by atoms with van der Waals surface area (Å²) in [6.07, 6.45) is 0. The Morgan fingerprint density at radius 3 is 0.789 bits per heavy atom. The molecule has 12 aromatic rings. The van der Waals surface area contributed by atoms with Crippen LogP contribution in [0, 0.1) is 20.8 Å². The number of aryl methyl sites for hydroxylation is 3. The summed E-state index contributed by atoms with van der Waals surface area (Å²) in [5, 5.41) is 4.84. The zero-order valence-corrected chi connectivity index (χ0v) is 44.2. The van der Waals surface area contributed by atoms with E-state index in [-0.39, 0.29) is 0 Å². The van der Waals surface area contributed by atoms with Crippen LogP contribution in [0.3, 0.4) is 0 Å². The van der Waals surface area contributed by atoms with E-state index in [0.717, 1.165) is 62.3 Å². The van der Waals surface area contributed by atoms with Gasteiger partial charge in [0.25, 0.3) is 0 Å². The minimum atomic E-state index is 1.08. The molecule has 0 aliphatic rings. The van der Waals surface area contributed by atoms with Gasteiger partial charge in [-0.1, -0.05) is 237 Å². The van der Waals surface area contributed by atoms with Gasteiger partial charge in [0.05, 0.1) is 11.4 Å². The molecule has 0 saturated carbocycles. The van der Waals surface area contributed by atoms with Crippen molar-refractivity contribution in [3.05, 3.63) is 320 Å². The summed E-state index contributed by atoms with van der Waals surface area (Å²) in [6, 6.07) is 108. The number of fused-ring (bicyclic) bond motifs is 2. The first-order valence-corrected chi connectivity index (χ1v) is 26.3. The van der Waals surface area contributed by atoms with Crippen LogP contribution in [0.15, 0.2) is 303 Å². The molecule has 0 fully saturated rings. The molecule has 0 saturated heterocycles. The van der Waals surface area contributed by atoms with Gasteiger partial charge in [-0.25, -0.2) is 0 Å². The van der Waals surface area contributed by atoms with E-state index >= 15 is 0 Å². The summed E-state index contributed by atoms with van der Waals surface area (Å²) in [7, 11) is 0. The maximum absolute atomic E-state index is 2.37. The predicted molar refractivity (Wildman–Crippen MR) is 329 cm³/mol. The summed E-state index contributed by atoms with van der Waals surface area (Å²) in [6.45, 7) is 10.3. The maximum atomic E-state index is 2.37. The standard InChI is InChI=1S/C57H43N3.2C7H8.C2H6/c1-42-26-32-50(33-27-42)59(56-24-12-16-45-14-8-10-22-54(45)56)51-34-28-43(29-35-51)44-30-36-52(37-31-44)60(57-25-13-17-46-15-9-11-23-55(46)57)53-40-38-49(39-41-53)58(47-18-4-2-5-19-47)48-20-6-3-7-21-48;2*1-7-5-3-2-4-6-7;1-2/h2-41H,1H3;2*2-6H,1H3;1-2H3. The molecule has 0 amide bonds. The van der Waals surface area contributed by atoms with Gasteiger partial charge >= 0.3 is 0 Å². The Hall–Kier alpha value is -9.44. The highest BCUT2D eigenvalue weighted by molar-refractivity contribution is 6.00. The van der Waals surface area contributed by atoms with E-state index < -0.39 is 0 Å². The van der Waals surface area contributed by atoms with Gasteiger partial charge in [-0.2, -0.15) is 0 Å². The van der Waals surface area contributed by atoms with Crippen LogP contribution in [0.2, 0.25) is 0 Å². The number of hydrogen-bond acceptors (Lipinski definition) is 3. The Kier molecular flexibility index (Phi) is 17.3. The average molecular weight is 984 g/mol. The third-order valence-corrected chi connectivity index (χ3v) is 13.2. The van der Waals surface area contributed by atoms with Crippen LogP contribution in [0.4, 0.5) is 51.2 Å². The molecule has 12 rings (SSSR count). The van der Waals surface area contributed by atoms with E-state index in [2.05, 4.69) is 302 Å². The SMILES string of the molecule is CC.Cc1ccc(N(c2ccc(-c3ccc(N(c4ccc(N(c5ccccc5)c5ccccc5)cc4)c4cccc5ccccc45)cc3)cc2)c2cccc3ccccc23)cc1.Cc1ccccc1.Cc1ccccc1. The molecule has 0 spiro atoms. The van der Waals surface area contributed by atoms with E-state index in [1.165, 1.54) is 38.2 Å². The molecule has 3 nitrogen and oxygen atoms in total. The Morgan fingerprint density at radius 1 is 0.197 bits per heavy atom. The Bertz CT molecular complexity index is 3570. The lowest BCUT2D eigenvalue weighted by Gasteiger charge is -2.29. The molecule has 372 valence electrons. The molecule has 12 aromatic carbocycles. The first-order chi connectivity index (χ1) is 37.5. The van der Waals surface area contributed by atoms with Crippen molar-refractivity contribution in [1.29, 1.82) is 0 Å². The number of anilines is 9. The largest absolute Gasteiger partial charge is 0.311 e. The minimum Gasteiger partial charge on any atom is -0.311 e. The fraction of sp³-hybridized carbons (Fsp3) is 0.0685. The first-order valence-electron chi connectivity index (χ1n) is 26.3. The highest BCUT2D eigenvalue weighted by atomic mass is 15.2. The van der Waals surface area contributed by atoms with Crippen molar-refractivity contribution in [3.63, 3.8) is 0 Å². The normalized spacial score (nSPS) is 10.4. The molecule has 0 aliphatic carbocycles. The van der Waals surface area contributed by atoms with Crippen molar-refractivity contribution in [1.82, 2.24) is 0 Å². The Labute approximate surface area is 450 Å². The number of rotatable bonds is 10. The molecular weight excluding hydrogens is 919 g/mol. The van der Waals surface area contributed by atoms with Gasteiger partial charge in [-0.05, 0) is 140 Å². The van der Waals surface area contributed by atoms with Gasteiger partial charge in [0.15, 0.2) is 0 Å². The molecule has 0 heterocycles. The number of hydrogen-bond donors (Lipinski definition) is 0. The van der Waals surface area contributed by atoms with E-state index in [0.29, 0.717) is 0 Å². The van der Waals surface area contributed by atoms with Crippen LogP contribution < -0.4 is 14.7 Å². The molecule has 0 N–H and O–H groups in total. The molecule has 0 unspecified atom stereocenters. The molecule has 3 heteroatoms. The van der Waals surface area contributed by atoms with Crippen molar-refractivity contribution in [3.8, 4) is 11.1 Å². The number of para-hydroxylation sites is 2. The highest BCUT2D eigenvalue weighted by Gasteiger charge is 2.19. The summed E-state index contributed by atoms with van der Waals surface area (Å²) in [5.41, 5.74) is 16.2. The molecular formula is C73H65N3. The van der Waals surface area contributed by atoms with Crippen LogP contribution in [0.5, 0.6) is 0 Å². The molecule has 0 bridgehead atoms. The van der Waals surface area contributed by atoms with Crippen molar-refractivity contribution in [2.45, 2.75) is 34.6 Å². The van der Waals surface area contributed by atoms with Gasteiger partial charge in [0.1, 0.15) is 0 Å². The molecule has 0 aliphatic heterocycles. The van der Waals surface area contributed by atoms with Gasteiger partial charge in [-0.15, -0.1) is 0 Å². The smallest absolute Gasteiger partial charge is 0.0540 e. The third-order valence-electron chi connectivity index (χ3n) is 13.2. The second-order valence-electron chi connectivity index (χ2n) is 18.4. The average Bonchev–Trinajstić information content (AvgIpc) is 3.49. The summed E-state index contributed by atoms with van der Waals surface area (Å²) in [5.74, 6) is 0. The zero-order valence-electron chi connectivity index (χ0n) is 44.2. The topological polar surface area (TPSA) is 9.72 Å². The second kappa shape index (κ2) is 25.5. The molecule has 0 atom stereocenters. The quantitative estimate of drug-likeness (QED) is 0.135. The molecule has 0 radical (unpaired) electrons. The van der Waals surface area contributed by atoms with E-state index in [9.17, 15) is 0 Å². The first kappa shape index (κ1) is 51.5. The van der Waals surface area contributed by atoms with Gasteiger partial charge in [0, 0.05) is 50.6 Å². The monoisotopic (exact) mass is 984 g/mol. The fourth-order valence-corrected chi connectivity index (χ4v) is 9.38. The molecule has 0 aromatic heterocycles. The van der Waals surface area contributed by atoms with Gasteiger partial charge in [0.2, 0.25) is 0 Å². The molecule has 76 heavy (non-hydrogen) atoms. The van der Waals surface area contributed by atoms with Gasteiger partial charge in [-0.3, -0.25) is 0 Å². The lowest BCUT2D eigenvalue weighted by Crippen LogP contribution is -2.12.